The average Bonchev–Trinajstić information content (AvgIpc) is 2.05. The van der Waals surface area contributed by atoms with Crippen LogP contribution in [0.5, 0.6) is 0 Å². The molecule has 0 spiro atoms. The Balaban J connectivity index is 3.18. The standard InChI is InChI=1S/C9H13IN2O/c1-6(2)5-12-7(3)11-4-8(10)9(12)13/h4,6H,5H2,1-3H3. The van der Waals surface area contributed by atoms with Gasteiger partial charge in [0.2, 0.25) is 0 Å². The van der Waals surface area contributed by atoms with Gasteiger partial charge in [-0.25, -0.2) is 4.98 Å². The minimum Gasteiger partial charge on any atom is -0.296 e. The van der Waals surface area contributed by atoms with Gasteiger partial charge in [0.05, 0.1) is 3.57 Å². The minimum absolute atomic E-state index is 0.0711. The molecule has 1 aromatic heterocycles. The number of halogens is 1. The normalized spacial score (nSPS) is 10.8. The zero-order valence-corrected chi connectivity index (χ0v) is 10.2. The van der Waals surface area contributed by atoms with Crippen LogP contribution in [0.2, 0.25) is 0 Å². The van der Waals surface area contributed by atoms with Gasteiger partial charge in [0.15, 0.2) is 0 Å². The first-order valence-electron chi connectivity index (χ1n) is 4.24. The molecule has 72 valence electrons. The SMILES string of the molecule is Cc1ncc(I)c(=O)n1CC(C)C. The Hall–Kier alpha value is -0.390. The van der Waals surface area contributed by atoms with E-state index in [4.69, 9.17) is 0 Å². The number of rotatable bonds is 2. The van der Waals surface area contributed by atoms with E-state index in [0.29, 0.717) is 9.49 Å². The predicted octanol–water partition coefficient (Wildman–Crippen LogP) is 1.81. The van der Waals surface area contributed by atoms with Crippen molar-refractivity contribution >= 4 is 22.6 Å². The van der Waals surface area contributed by atoms with Crippen LogP contribution in [0.4, 0.5) is 0 Å². The van der Waals surface area contributed by atoms with Gasteiger partial charge in [0.1, 0.15) is 5.82 Å². The Labute approximate surface area is 91.3 Å². The van der Waals surface area contributed by atoms with Crippen LogP contribution < -0.4 is 5.56 Å². The Morgan fingerprint density at radius 1 is 1.62 bits per heavy atom. The van der Waals surface area contributed by atoms with E-state index in [1.807, 2.05) is 29.5 Å². The van der Waals surface area contributed by atoms with E-state index < -0.39 is 0 Å². The highest BCUT2D eigenvalue weighted by Crippen LogP contribution is 2.01. The fourth-order valence-electron chi connectivity index (χ4n) is 1.13. The van der Waals surface area contributed by atoms with Crippen LogP contribution in [-0.2, 0) is 6.54 Å². The van der Waals surface area contributed by atoms with Gasteiger partial charge in [-0.15, -0.1) is 0 Å². The van der Waals surface area contributed by atoms with Gasteiger partial charge in [-0.3, -0.25) is 9.36 Å². The summed E-state index contributed by atoms with van der Waals surface area (Å²) in [6.45, 7) is 6.78. The molecule has 1 rings (SSSR count). The molecule has 0 amide bonds. The lowest BCUT2D eigenvalue weighted by molar-refractivity contribution is 0.493. The third-order valence-electron chi connectivity index (χ3n) is 1.75. The molecule has 1 aromatic rings. The van der Waals surface area contributed by atoms with E-state index in [2.05, 4.69) is 18.8 Å². The third kappa shape index (κ3) is 2.52. The fourth-order valence-corrected chi connectivity index (χ4v) is 1.56. The molecular formula is C9H13IN2O. The predicted molar refractivity (Wildman–Crippen MR) is 60.8 cm³/mol. The van der Waals surface area contributed by atoms with Crippen LogP contribution in [0.3, 0.4) is 0 Å². The highest BCUT2D eigenvalue weighted by atomic mass is 127. The number of aryl methyl sites for hydroxylation is 1. The molecule has 1 heterocycles. The van der Waals surface area contributed by atoms with Crippen LogP contribution in [0.15, 0.2) is 11.0 Å². The maximum atomic E-state index is 11.6. The molecule has 0 radical (unpaired) electrons. The van der Waals surface area contributed by atoms with E-state index in [1.54, 1.807) is 10.8 Å². The molecule has 4 heteroatoms. The van der Waals surface area contributed by atoms with Gasteiger partial charge in [-0.1, -0.05) is 13.8 Å². The average molecular weight is 292 g/mol. The lowest BCUT2D eigenvalue weighted by Gasteiger charge is -2.11. The van der Waals surface area contributed by atoms with Crippen molar-refractivity contribution in [2.45, 2.75) is 27.3 Å². The van der Waals surface area contributed by atoms with Gasteiger partial charge >= 0.3 is 0 Å². The summed E-state index contributed by atoms with van der Waals surface area (Å²) >= 11 is 2.02. The summed E-state index contributed by atoms with van der Waals surface area (Å²) in [6, 6.07) is 0. The summed E-state index contributed by atoms with van der Waals surface area (Å²) in [7, 11) is 0. The van der Waals surface area contributed by atoms with Crippen molar-refractivity contribution in [2.75, 3.05) is 0 Å². The van der Waals surface area contributed by atoms with Crippen molar-refractivity contribution in [3.05, 3.63) is 25.9 Å². The zero-order valence-electron chi connectivity index (χ0n) is 8.04. The van der Waals surface area contributed by atoms with Crippen molar-refractivity contribution in [3.63, 3.8) is 0 Å². The molecule has 3 nitrogen and oxygen atoms in total. The van der Waals surface area contributed by atoms with Crippen LogP contribution >= 0.6 is 22.6 Å². The maximum absolute atomic E-state index is 11.6. The van der Waals surface area contributed by atoms with E-state index in [-0.39, 0.29) is 5.56 Å². The fraction of sp³-hybridized carbons (Fsp3) is 0.556. The smallest absolute Gasteiger partial charge is 0.266 e. The second-order valence-electron chi connectivity index (χ2n) is 3.46. The number of aromatic nitrogens is 2. The summed E-state index contributed by atoms with van der Waals surface area (Å²) in [4.78, 5) is 15.8. The van der Waals surface area contributed by atoms with E-state index in [0.717, 1.165) is 12.4 Å². The first kappa shape index (κ1) is 10.7. The highest BCUT2D eigenvalue weighted by Gasteiger charge is 2.06. The summed E-state index contributed by atoms with van der Waals surface area (Å²) in [5.74, 6) is 1.26. The van der Waals surface area contributed by atoms with Gasteiger partial charge < -0.3 is 0 Å². The Kier molecular flexibility index (Phi) is 3.47. The molecule has 0 aliphatic rings. The number of nitrogens with zero attached hydrogens (tertiary/aromatic N) is 2. The van der Waals surface area contributed by atoms with Gasteiger partial charge in [-0.2, -0.15) is 0 Å². The van der Waals surface area contributed by atoms with Crippen LogP contribution in [0, 0.1) is 16.4 Å². The van der Waals surface area contributed by atoms with Crippen LogP contribution in [0.25, 0.3) is 0 Å². The topological polar surface area (TPSA) is 34.9 Å². The first-order valence-corrected chi connectivity index (χ1v) is 5.32. The molecule has 0 unspecified atom stereocenters. The monoisotopic (exact) mass is 292 g/mol. The lowest BCUT2D eigenvalue weighted by Crippen LogP contribution is -2.27. The molecule has 0 atom stereocenters. The number of hydrogen-bond donors (Lipinski definition) is 0. The van der Waals surface area contributed by atoms with E-state index in [9.17, 15) is 4.79 Å². The molecule has 0 bridgehead atoms. The molecule has 0 aromatic carbocycles. The summed E-state index contributed by atoms with van der Waals surface area (Å²) < 4.78 is 2.41. The first-order chi connectivity index (χ1) is 6.02. The molecule has 0 N–H and O–H groups in total. The van der Waals surface area contributed by atoms with Crippen molar-refractivity contribution in [1.29, 1.82) is 0 Å². The van der Waals surface area contributed by atoms with Crippen molar-refractivity contribution in [1.82, 2.24) is 9.55 Å². The summed E-state index contributed by atoms with van der Waals surface area (Å²) in [5, 5.41) is 0. The zero-order chi connectivity index (χ0) is 10.0. The Morgan fingerprint density at radius 2 is 2.23 bits per heavy atom. The molecule has 0 fully saturated rings. The van der Waals surface area contributed by atoms with Gasteiger partial charge in [0.25, 0.3) is 5.56 Å². The summed E-state index contributed by atoms with van der Waals surface area (Å²) in [5.41, 5.74) is 0.0711. The Morgan fingerprint density at radius 3 is 2.77 bits per heavy atom. The van der Waals surface area contributed by atoms with Crippen LogP contribution in [-0.4, -0.2) is 9.55 Å². The van der Waals surface area contributed by atoms with E-state index >= 15 is 0 Å². The molecule has 0 saturated carbocycles. The largest absolute Gasteiger partial charge is 0.296 e. The molecule has 0 aliphatic carbocycles. The third-order valence-corrected chi connectivity index (χ3v) is 2.49. The van der Waals surface area contributed by atoms with Gasteiger partial charge in [0, 0.05) is 12.7 Å². The lowest BCUT2D eigenvalue weighted by atomic mass is 10.2. The van der Waals surface area contributed by atoms with Gasteiger partial charge in [-0.05, 0) is 35.4 Å². The summed E-state index contributed by atoms with van der Waals surface area (Å²) in [6.07, 6.45) is 1.62. The van der Waals surface area contributed by atoms with Crippen LogP contribution in [0.1, 0.15) is 19.7 Å². The van der Waals surface area contributed by atoms with Crippen molar-refractivity contribution < 1.29 is 0 Å². The highest BCUT2D eigenvalue weighted by molar-refractivity contribution is 14.1. The number of hydrogen-bond acceptors (Lipinski definition) is 2. The molecule has 13 heavy (non-hydrogen) atoms. The second-order valence-corrected chi connectivity index (χ2v) is 4.63. The van der Waals surface area contributed by atoms with Crippen molar-refractivity contribution in [2.24, 2.45) is 5.92 Å². The van der Waals surface area contributed by atoms with E-state index in [1.165, 1.54) is 0 Å². The molecule has 0 saturated heterocycles. The quantitative estimate of drug-likeness (QED) is 0.779. The van der Waals surface area contributed by atoms with Crippen molar-refractivity contribution in [3.8, 4) is 0 Å². The minimum atomic E-state index is 0.0711. The molecular weight excluding hydrogens is 279 g/mol. The Bertz CT molecular complexity index is 357. The second kappa shape index (κ2) is 4.21. The molecule has 0 aliphatic heterocycles. The maximum Gasteiger partial charge on any atom is 0.266 e.